The molecule has 2 aliphatic rings. The minimum Gasteiger partial charge on any atom is -0.495 e. The zero-order valence-electron chi connectivity index (χ0n) is 14.7. The summed E-state index contributed by atoms with van der Waals surface area (Å²) in [6.07, 6.45) is 3.05. The molecule has 144 valence electrons. The number of halogens is 2. The molecule has 6 nitrogen and oxygen atoms in total. The Morgan fingerprint density at radius 3 is 2.38 bits per heavy atom. The fraction of sp³-hybridized carbons (Fsp3) is 0.588. The Bertz CT molecular complexity index is 822. The fourth-order valence-corrected chi connectivity index (χ4v) is 5.52. The van der Waals surface area contributed by atoms with Gasteiger partial charge < -0.3 is 10.1 Å². The molecule has 1 aromatic rings. The number of anilines is 1. The van der Waals surface area contributed by atoms with Gasteiger partial charge in [0.2, 0.25) is 15.9 Å². The number of methoxy groups -OCH3 is 1. The summed E-state index contributed by atoms with van der Waals surface area (Å²) >= 11 is 12.1. The number of alkyl halides is 2. The summed E-state index contributed by atoms with van der Waals surface area (Å²) in [5.41, 5.74) is -0.522. The molecule has 1 amide bonds. The molecular formula is C17H22Cl2N2O4S. The minimum atomic E-state index is -3.70. The molecule has 0 unspecified atom stereocenters. The van der Waals surface area contributed by atoms with Crippen LogP contribution in [-0.2, 0) is 14.8 Å². The van der Waals surface area contributed by atoms with Crippen molar-refractivity contribution >= 4 is 44.8 Å². The number of rotatable bonds is 5. The number of piperidine rings is 1. The SMILES string of the molecule is COc1ccc(NC(=O)[C@@]2(C)CC2(Cl)Cl)cc1S(=O)(=O)N1CCCCC1. The van der Waals surface area contributed by atoms with Crippen molar-refractivity contribution in [1.82, 2.24) is 4.31 Å². The molecule has 1 saturated carbocycles. The molecular weight excluding hydrogens is 399 g/mol. The fourth-order valence-electron chi connectivity index (χ4n) is 3.12. The Morgan fingerprint density at radius 1 is 1.23 bits per heavy atom. The van der Waals surface area contributed by atoms with Gasteiger partial charge in [0.1, 0.15) is 15.0 Å². The normalized spacial score (nSPS) is 25.5. The van der Waals surface area contributed by atoms with Crippen molar-refractivity contribution in [2.24, 2.45) is 5.41 Å². The van der Waals surface area contributed by atoms with E-state index in [-0.39, 0.29) is 16.6 Å². The van der Waals surface area contributed by atoms with E-state index in [1.54, 1.807) is 13.0 Å². The molecule has 26 heavy (non-hydrogen) atoms. The molecule has 0 aromatic heterocycles. The van der Waals surface area contributed by atoms with Crippen molar-refractivity contribution in [2.75, 3.05) is 25.5 Å². The second-order valence-corrected chi connectivity index (χ2v) is 10.4. The van der Waals surface area contributed by atoms with E-state index in [9.17, 15) is 13.2 Å². The molecule has 0 spiro atoms. The first-order valence-electron chi connectivity index (χ1n) is 8.49. The van der Waals surface area contributed by atoms with Crippen molar-refractivity contribution in [3.63, 3.8) is 0 Å². The van der Waals surface area contributed by atoms with Gasteiger partial charge in [0.25, 0.3) is 0 Å². The largest absolute Gasteiger partial charge is 0.495 e. The van der Waals surface area contributed by atoms with Crippen LogP contribution >= 0.6 is 23.2 Å². The van der Waals surface area contributed by atoms with Gasteiger partial charge in [-0.1, -0.05) is 6.42 Å². The number of hydrogen-bond donors (Lipinski definition) is 1. The Labute approximate surface area is 163 Å². The van der Waals surface area contributed by atoms with E-state index >= 15 is 0 Å². The molecule has 0 radical (unpaired) electrons. The van der Waals surface area contributed by atoms with Crippen LogP contribution in [0.3, 0.4) is 0 Å². The van der Waals surface area contributed by atoms with Crippen LogP contribution < -0.4 is 10.1 Å². The number of carbonyl (C=O) groups is 1. The van der Waals surface area contributed by atoms with Crippen molar-refractivity contribution < 1.29 is 17.9 Å². The third-order valence-electron chi connectivity index (χ3n) is 5.11. The van der Waals surface area contributed by atoms with Crippen LogP contribution in [0.1, 0.15) is 32.6 Å². The van der Waals surface area contributed by atoms with Gasteiger partial charge in [-0.2, -0.15) is 4.31 Å². The predicted octanol–water partition coefficient (Wildman–Crippen LogP) is 3.39. The smallest absolute Gasteiger partial charge is 0.246 e. The summed E-state index contributed by atoms with van der Waals surface area (Å²) in [7, 11) is -2.28. The predicted molar refractivity (Wildman–Crippen MR) is 101 cm³/mol. The maximum atomic E-state index is 13.0. The highest BCUT2D eigenvalue weighted by atomic mass is 35.5. The topological polar surface area (TPSA) is 75.7 Å². The minimum absolute atomic E-state index is 0.0451. The van der Waals surface area contributed by atoms with Crippen LogP contribution in [-0.4, -0.2) is 43.2 Å². The highest BCUT2D eigenvalue weighted by Crippen LogP contribution is 2.64. The first-order chi connectivity index (χ1) is 12.1. The molecule has 3 rings (SSSR count). The van der Waals surface area contributed by atoms with Crippen molar-refractivity contribution in [3.8, 4) is 5.75 Å². The van der Waals surface area contributed by atoms with Crippen LogP contribution in [0.25, 0.3) is 0 Å². The number of hydrogen-bond acceptors (Lipinski definition) is 4. The highest BCUT2D eigenvalue weighted by Gasteiger charge is 2.67. The molecule has 1 aromatic carbocycles. The molecule has 1 aliphatic heterocycles. The summed E-state index contributed by atoms with van der Waals surface area (Å²) in [5.74, 6) is -0.0933. The number of benzene rings is 1. The van der Waals surface area contributed by atoms with Gasteiger partial charge >= 0.3 is 0 Å². The summed E-state index contributed by atoms with van der Waals surface area (Å²) in [6, 6.07) is 4.56. The summed E-state index contributed by atoms with van der Waals surface area (Å²) < 4.78 is 31.6. The van der Waals surface area contributed by atoms with Crippen LogP contribution in [0.4, 0.5) is 5.69 Å². The molecule has 9 heteroatoms. The van der Waals surface area contributed by atoms with Gasteiger partial charge in [0.15, 0.2) is 0 Å². The van der Waals surface area contributed by atoms with Crippen molar-refractivity contribution in [1.29, 1.82) is 0 Å². The van der Waals surface area contributed by atoms with Crippen molar-refractivity contribution in [2.45, 2.75) is 41.8 Å². The third kappa shape index (κ3) is 3.42. The highest BCUT2D eigenvalue weighted by molar-refractivity contribution is 7.89. The lowest BCUT2D eigenvalue weighted by atomic mass is 10.1. The average molecular weight is 421 g/mol. The van der Waals surface area contributed by atoms with Gasteiger partial charge in [0.05, 0.1) is 12.5 Å². The van der Waals surface area contributed by atoms with E-state index in [0.717, 1.165) is 19.3 Å². The van der Waals surface area contributed by atoms with Gasteiger partial charge in [-0.15, -0.1) is 23.2 Å². The van der Waals surface area contributed by atoms with Crippen LogP contribution in [0.5, 0.6) is 5.75 Å². The number of nitrogens with one attached hydrogen (secondary N) is 1. The number of nitrogens with zero attached hydrogens (tertiary/aromatic N) is 1. The summed E-state index contributed by atoms with van der Waals surface area (Å²) in [4.78, 5) is 12.5. The third-order valence-corrected chi connectivity index (χ3v) is 8.13. The first kappa shape index (κ1) is 19.7. The molecule has 1 atom stereocenters. The zero-order chi connectivity index (χ0) is 19.2. The van der Waals surface area contributed by atoms with E-state index in [1.165, 1.54) is 23.5 Å². The first-order valence-corrected chi connectivity index (χ1v) is 10.7. The molecule has 2 fully saturated rings. The van der Waals surface area contributed by atoms with E-state index in [4.69, 9.17) is 27.9 Å². The lowest BCUT2D eigenvalue weighted by Gasteiger charge is -2.26. The van der Waals surface area contributed by atoms with Crippen molar-refractivity contribution in [3.05, 3.63) is 18.2 Å². The van der Waals surface area contributed by atoms with E-state index in [1.807, 2.05) is 0 Å². The maximum Gasteiger partial charge on any atom is 0.246 e. The summed E-state index contributed by atoms with van der Waals surface area (Å²) in [6.45, 7) is 2.65. The van der Waals surface area contributed by atoms with E-state index in [2.05, 4.69) is 5.32 Å². The Kier molecular flexibility index (Phi) is 5.20. The number of amides is 1. The number of carbonyl (C=O) groups excluding carboxylic acids is 1. The van der Waals surface area contributed by atoms with E-state index < -0.39 is 19.8 Å². The standard InChI is InChI=1S/C17H22Cl2N2O4S/c1-16(11-17(16,18)19)15(22)20-12-6-7-13(25-2)14(10-12)26(23,24)21-8-4-3-5-9-21/h6-7,10H,3-5,8-9,11H2,1-2H3,(H,20,22)/t16-/m1/s1. The lowest BCUT2D eigenvalue weighted by molar-refractivity contribution is -0.120. The maximum absolute atomic E-state index is 13.0. The van der Waals surface area contributed by atoms with E-state index in [0.29, 0.717) is 25.2 Å². The quantitative estimate of drug-likeness (QED) is 0.740. The molecule has 0 bridgehead atoms. The van der Waals surface area contributed by atoms with Gasteiger partial charge in [-0.25, -0.2) is 8.42 Å². The zero-order valence-corrected chi connectivity index (χ0v) is 17.0. The van der Waals surface area contributed by atoms with Gasteiger partial charge in [-0.3, -0.25) is 4.79 Å². The van der Waals surface area contributed by atoms with Gasteiger partial charge in [-0.05, 0) is 44.4 Å². The second kappa shape index (κ2) is 6.86. The monoisotopic (exact) mass is 420 g/mol. The molecule has 1 N–H and O–H groups in total. The average Bonchev–Trinajstić information content (AvgIpc) is 3.15. The molecule has 1 aliphatic carbocycles. The number of ether oxygens (including phenoxy) is 1. The molecule has 1 saturated heterocycles. The number of sulfonamides is 1. The second-order valence-electron chi connectivity index (χ2n) is 7.00. The Balaban J connectivity index is 1.88. The van der Waals surface area contributed by atoms with Crippen LogP contribution in [0.15, 0.2) is 23.1 Å². The van der Waals surface area contributed by atoms with Crippen LogP contribution in [0.2, 0.25) is 0 Å². The Hall–Kier alpha value is -1.02. The summed E-state index contributed by atoms with van der Waals surface area (Å²) in [5, 5.41) is 2.72. The molecule has 1 heterocycles. The lowest BCUT2D eigenvalue weighted by Crippen LogP contribution is -2.35. The Morgan fingerprint density at radius 2 is 1.85 bits per heavy atom. The van der Waals surface area contributed by atoms with Gasteiger partial charge in [0, 0.05) is 18.8 Å². The van der Waals surface area contributed by atoms with Crippen LogP contribution in [0, 0.1) is 5.41 Å².